The molecule has 0 aliphatic carbocycles. The summed E-state index contributed by atoms with van der Waals surface area (Å²) in [5.74, 6) is 4.00. The Morgan fingerprint density at radius 3 is 0.958 bits per heavy atom. The van der Waals surface area contributed by atoms with Crippen molar-refractivity contribution < 1.29 is 18.9 Å². The molecular weight excluding hydrogens is 897 g/mol. The van der Waals surface area contributed by atoms with Gasteiger partial charge in [0.1, 0.15) is 57.3 Å². The van der Waals surface area contributed by atoms with Crippen LogP contribution < -0.4 is 30.1 Å². The average Bonchev–Trinajstić information content (AvgIpc) is 3.98. The highest BCUT2D eigenvalue weighted by atomic mass is 16.5. The quantitative estimate of drug-likeness (QED) is 0.110. The molecule has 10 nitrogen and oxygen atoms in total. The number of para-hydroxylation sites is 4. The Morgan fingerprint density at radius 2 is 0.639 bits per heavy atom. The lowest BCUT2D eigenvalue weighted by Crippen LogP contribution is -2.15. The van der Waals surface area contributed by atoms with E-state index in [4.69, 9.17) is 28.9 Å². The van der Waals surface area contributed by atoms with Gasteiger partial charge < -0.3 is 18.9 Å². The zero-order chi connectivity index (χ0) is 47.9. The normalized spacial score (nSPS) is 12.1. The molecule has 0 bridgehead atoms. The Kier molecular flexibility index (Phi) is 8.28. The van der Waals surface area contributed by atoms with Crippen molar-refractivity contribution in [3.8, 4) is 46.0 Å². The van der Waals surface area contributed by atoms with Crippen molar-refractivity contribution in [2.45, 2.75) is 13.8 Å². The topological polar surface area (TPSA) is 106 Å². The maximum absolute atomic E-state index is 15.5. The summed E-state index contributed by atoms with van der Waals surface area (Å²) in [6, 6.07) is 57.9. The minimum atomic E-state index is -0.256. The molecule has 0 saturated carbocycles. The molecule has 0 saturated heterocycles. The first-order valence-corrected chi connectivity index (χ1v) is 23.7. The van der Waals surface area contributed by atoms with E-state index in [-0.39, 0.29) is 11.1 Å². The zero-order valence-corrected chi connectivity index (χ0v) is 38.6. The number of hydrogen-bond acceptors (Lipinski definition) is 8. The molecule has 15 aromatic rings. The van der Waals surface area contributed by atoms with Crippen LogP contribution in [0.25, 0.3) is 98.0 Å². The molecule has 4 heterocycles. The van der Waals surface area contributed by atoms with E-state index in [9.17, 15) is 0 Å². The number of ether oxygens (including phenoxy) is 4. The highest BCUT2D eigenvalue weighted by molar-refractivity contribution is 6.44. The minimum Gasteiger partial charge on any atom is -0.457 e. The Morgan fingerprint density at radius 1 is 0.333 bits per heavy atom. The van der Waals surface area contributed by atoms with Gasteiger partial charge in [0, 0.05) is 53.9 Å². The minimum absolute atomic E-state index is 0.256. The number of aryl methyl sites for hydroxylation is 2. The Balaban J connectivity index is 1.26. The summed E-state index contributed by atoms with van der Waals surface area (Å²) in [5.41, 5.74) is 5.24. The van der Waals surface area contributed by atoms with Gasteiger partial charge in [-0.2, -0.15) is 0 Å². The summed E-state index contributed by atoms with van der Waals surface area (Å²) in [5, 5.41) is 7.42. The van der Waals surface area contributed by atoms with Gasteiger partial charge in [0.05, 0.1) is 32.8 Å². The fourth-order valence-electron chi connectivity index (χ4n) is 11.0. The second kappa shape index (κ2) is 14.9. The molecule has 0 N–H and O–H groups in total. The highest BCUT2D eigenvalue weighted by Gasteiger charge is 2.32. The number of fused-ring (bicyclic) bond motifs is 10. The van der Waals surface area contributed by atoms with Crippen molar-refractivity contribution in [1.29, 1.82) is 0 Å². The molecule has 4 aromatic heterocycles. The Bertz CT molecular complexity index is 4520. The van der Waals surface area contributed by atoms with Crippen molar-refractivity contribution in [2.75, 3.05) is 0 Å². The van der Waals surface area contributed by atoms with E-state index in [2.05, 4.69) is 0 Å². The predicted molar refractivity (Wildman–Crippen MR) is 286 cm³/mol. The van der Waals surface area contributed by atoms with Gasteiger partial charge in [-0.25, -0.2) is 9.97 Å². The summed E-state index contributed by atoms with van der Waals surface area (Å²) in [4.78, 5) is 41.5. The molecule has 15 rings (SSSR count). The third kappa shape index (κ3) is 5.71. The lowest BCUT2D eigenvalue weighted by Gasteiger charge is -2.25. The standard InChI is InChI=1S/C62H36N4O6/c1-33-23-25-45-43(27-33)63-59-39-29-47(69-35-15-7-3-8-16-35)53-56-50(72-38-21-13-6-14-22-38)32-42-52-40(60-64-44-28-34(2)24-26-46(44)66(60)62(42)68)30-48(70-36-17-9-4-10-18-36)54(58(52)56)55-49(71-37-19-11-5-12-20-37)31-41(51(39)57(53)55)61(67)65(45)59/h3-32H,1-2H3. The van der Waals surface area contributed by atoms with E-state index < -0.39 is 0 Å². The van der Waals surface area contributed by atoms with Crippen molar-refractivity contribution in [3.63, 3.8) is 0 Å². The van der Waals surface area contributed by atoms with Crippen LogP contribution in [0.5, 0.6) is 46.0 Å². The molecule has 0 atom stereocenters. The zero-order valence-electron chi connectivity index (χ0n) is 38.6. The first kappa shape index (κ1) is 40.1. The summed E-state index contributed by atoms with van der Waals surface area (Å²) in [6.45, 7) is 4.03. The van der Waals surface area contributed by atoms with Gasteiger partial charge in [-0.15, -0.1) is 0 Å². The summed E-state index contributed by atoms with van der Waals surface area (Å²) in [7, 11) is 0. The first-order chi connectivity index (χ1) is 35.3. The monoisotopic (exact) mass is 932 g/mol. The SMILES string of the molecule is Cc1ccc2c(c1)nc1c3cc(Oc4ccccc4)c4c5c(Oc6ccccc6)cc6c(=O)n7c8ccc(C)cc8nc7c7cc(Oc8ccccc8)c(c8c(Oc9ccccc9)cc(c(=O)n21)c3c84)c5c67. The number of imidazole rings is 2. The predicted octanol–water partition coefficient (Wildman–Crippen LogP) is 15.0. The van der Waals surface area contributed by atoms with Crippen LogP contribution >= 0.6 is 0 Å². The number of hydrogen-bond donors (Lipinski definition) is 0. The molecule has 0 spiro atoms. The smallest absolute Gasteiger partial charge is 0.264 e. The Hall–Kier alpha value is -9.80. The van der Waals surface area contributed by atoms with Gasteiger partial charge in [-0.05, 0) is 122 Å². The number of benzene rings is 11. The molecular formula is C62H36N4O6. The van der Waals surface area contributed by atoms with Crippen LogP contribution in [-0.2, 0) is 0 Å². The molecule has 11 aromatic carbocycles. The van der Waals surface area contributed by atoms with E-state index in [1.54, 1.807) is 8.80 Å². The molecule has 0 unspecified atom stereocenters. The van der Waals surface area contributed by atoms with Crippen molar-refractivity contribution in [3.05, 3.63) is 214 Å². The van der Waals surface area contributed by atoms with Gasteiger partial charge in [0.25, 0.3) is 11.1 Å². The van der Waals surface area contributed by atoms with Gasteiger partial charge in [0.2, 0.25) is 0 Å². The van der Waals surface area contributed by atoms with Crippen LogP contribution in [-0.4, -0.2) is 18.8 Å². The van der Waals surface area contributed by atoms with E-state index in [1.165, 1.54) is 0 Å². The number of rotatable bonds is 8. The second-order valence-electron chi connectivity index (χ2n) is 18.5. The number of aromatic nitrogens is 4. The van der Waals surface area contributed by atoms with E-state index in [1.807, 2.05) is 196 Å². The van der Waals surface area contributed by atoms with Crippen molar-refractivity contribution in [1.82, 2.24) is 18.8 Å². The molecule has 10 heteroatoms. The lowest BCUT2D eigenvalue weighted by molar-refractivity contribution is 0.483. The van der Waals surface area contributed by atoms with Crippen LogP contribution in [0.15, 0.2) is 192 Å². The van der Waals surface area contributed by atoms with E-state index in [0.29, 0.717) is 144 Å². The number of nitrogens with zero attached hydrogens (tertiary/aromatic N) is 4. The fraction of sp³-hybridized carbons (Fsp3) is 0.0323. The lowest BCUT2D eigenvalue weighted by atomic mass is 9.84. The van der Waals surface area contributed by atoms with E-state index >= 15 is 9.59 Å². The molecule has 0 radical (unpaired) electrons. The van der Waals surface area contributed by atoms with Gasteiger partial charge in [0.15, 0.2) is 0 Å². The molecule has 0 amide bonds. The van der Waals surface area contributed by atoms with Crippen LogP contribution in [0.4, 0.5) is 0 Å². The highest BCUT2D eigenvalue weighted by Crippen LogP contribution is 2.57. The van der Waals surface area contributed by atoms with Crippen LogP contribution in [0.3, 0.4) is 0 Å². The largest absolute Gasteiger partial charge is 0.457 e. The first-order valence-electron chi connectivity index (χ1n) is 23.7. The number of pyridine rings is 2. The van der Waals surface area contributed by atoms with Gasteiger partial charge in [-0.3, -0.25) is 18.4 Å². The van der Waals surface area contributed by atoms with Gasteiger partial charge >= 0.3 is 0 Å². The Labute approximate surface area is 407 Å². The summed E-state index contributed by atoms with van der Waals surface area (Å²) < 4.78 is 31.9. The van der Waals surface area contributed by atoms with Crippen molar-refractivity contribution >= 4 is 98.0 Å². The molecule has 340 valence electrons. The molecule has 0 aliphatic heterocycles. The van der Waals surface area contributed by atoms with Crippen LogP contribution in [0, 0.1) is 13.8 Å². The fourth-order valence-corrected chi connectivity index (χ4v) is 11.0. The van der Waals surface area contributed by atoms with E-state index in [0.717, 1.165) is 11.1 Å². The van der Waals surface area contributed by atoms with Crippen molar-refractivity contribution in [2.24, 2.45) is 0 Å². The summed E-state index contributed by atoms with van der Waals surface area (Å²) in [6.07, 6.45) is 0. The van der Waals surface area contributed by atoms with Crippen LogP contribution in [0.1, 0.15) is 11.1 Å². The molecule has 0 fully saturated rings. The molecule has 0 aliphatic rings. The molecule has 72 heavy (non-hydrogen) atoms. The third-order valence-electron chi connectivity index (χ3n) is 14.0. The average molecular weight is 933 g/mol. The van der Waals surface area contributed by atoms with Crippen LogP contribution in [0.2, 0.25) is 0 Å². The maximum Gasteiger partial charge on any atom is 0.264 e. The van der Waals surface area contributed by atoms with Gasteiger partial charge in [-0.1, -0.05) is 84.9 Å². The second-order valence-corrected chi connectivity index (χ2v) is 18.5. The maximum atomic E-state index is 15.5. The summed E-state index contributed by atoms with van der Waals surface area (Å²) >= 11 is 0. The third-order valence-corrected chi connectivity index (χ3v) is 14.0.